The molecule has 94 valence electrons. The van der Waals surface area contributed by atoms with Crippen LogP contribution in [0.15, 0.2) is 12.3 Å². The Morgan fingerprint density at radius 1 is 1.06 bits per heavy atom. The summed E-state index contributed by atoms with van der Waals surface area (Å²) in [4.78, 5) is 0. The van der Waals surface area contributed by atoms with E-state index in [0.29, 0.717) is 0 Å². The van der Waals surface area contributed by atoms with Crippen LogP contribution in [0.4, 0.5) is 0 Å². The molecule has 16 heavy (non-hydrogen) atoms. The quantitative estimate of drug-likeness (QED) is 0.357. The van der Waals surface area contributed by atoms with Crippen molar-refractivity contribution in [2.75, 3.05) is 0 Å². The molecule has 0 aromatic rings. The van der Waals surface area contributed by atoms with Gasteiger partial charge in [0.25, 0.3) is 0 Å². The van der Waals surface area contributed by atoms with Gasteiger partial charge in [0.1, 0.15) is 0 Å². The van der Waals surface area contributed by atoms with Crippen LogP contribution in [-0.4, -0.2) is 24.0 Å². The molecular formula is C12H24O3Sn. The molecule has 0 aliphatic carbocycles. The average Bonchev–Trinajstić information content (AvgIpc) is 2.25. The Hall–Kier alpha value is 0.0987. The molecule has 0 heterocycles. The number of hydrogen-bond acceptors (Lipinski definition) is 2. The van der Waals surface area contributed by atoms with Crippen molar-refractivity contribution in [2.24, 2.45) is 0 Å². The topological polar surface area (TPSA) is 46.5 Å². The van der Waals surface area contributed by atoms with Gasteiger partial charge in [-0.3, -0.25) is 0 Å². The van der Waals surface area contributed by atoms with Gasteiger partial charge in [0.2, 0.25) is 0 Å². The standard InChI is InChI=1S/C12H24O.H2O.O.Sn/c1-2-3-4-5-6-7-8-9-10-11-12-13;;;/h11-13H,2-10H2,1H3;1H2;;/q;;;+2/p-2. The van der Waals surface area contributed by atoms with Crippen LogP contribution >= 0.6 is 0 Å². The molecule has 0 atom stereocenters. The molecule has 0 aliphatic rings. The van der Waals surface area contributed by atoms with E-state index in [1.807, 2.05) is 6.08 Å². The van der Waals surface area contributed by atoms with Crippen molar-refractivity contribution in [1.82, 2.24) is 0 Å². The number of allylic oxidation sites excluding steroid dienone is 1. The molecule has 0 aliphatic heterocycles. The number of hydrogen-bond donors (Lipinski definition) is 1. The van der Waals surface area contributed by atoms with Gasteiger partial charge in [0, 0.05) is 0 Å². The fourth-order valence-corrected chi connectivity index (χ4v) is 2.18. The minimum absolute atomic E-state index is 0.950. The summed E-state index contributed by atoms with van der Waals surface area (Å²) in [6.45, 7) is 2.23. The van der Waals surface area contributed by atoms with E-state index in [1.54, 1.807) is 0 Å². The molecular weight excluding hydrogens is 311 g/mol. The van der Waals surface area contributed by atoms with Crippen molar-refractivity contribution in [3.63, 3.8) is 0 Å². The molecule has 0 aromatic heterocycles. The van der Waals surface area contributed by atoms with Gasteiger partial charge in [-0.15, -0.1) is 0 Å². The molecule has 0 bridgehead atoms. The van der Waals surface area contributed by atoms with Crippen molar-refractivity contribution < 1.29 is 9.59 Å². The van der Waals surface area contributed by atoms with E-state index in [2.05, 4.69) is 10.00 Å². The van der Waals surface area contributed by atoms with Gasteiger partial charge in [0.05, 0.1) is 0 Å². The van der Waals surface area contributed by atoms with Gasteiger partial charge in [-0.2, -0.15) is 0 Å². The second kappa shape index (κ2) is 13.2. The Morgan fingerprint density at radius 3 is 2.19 bits per heavy atom. The Labute approximate surface area is 107 Å². The molecule has 0 unspecified atom stereocenters. The van der Waals surface area contributed by atoms with E-state index < -0.39 is 20.6 Å². The number of rotatable bonds is 11. The zero-order valence-corrected chi connectivity index (χ0v) is 13.1. The SMILES string of the molecule is CCCCCCCCCCC=C[O][Sn](=[O])[OH]. The van der Waals surface area contributed by atoms with E-state index >= 15 is 0 Å². The monoisotopic (exact) mass is 336 g/mol. The molecule has 0 amide bonds. The Kier molecular flexibility index (Phi) is 13.2. The molecule has 0 rings (SSSR count). The van der Waals surface area contributed by atoms with Crippen molar-refractivity contribution in [3.05, 3.63) is 12.3 Å². The first-order valence-electron chi connectivity index (χ1n) is 6.32. The van der Waals surface area contributed by atoms with Crippen LogP contribution in [0.5, 0.6) is 0 Å². The van der Waals surface area contributed by atoms with Gasteiger partial charge in [-0.1, -0.05) is 6.92 Å². The van der Waals surface area contributed by atoms with Crippen LogP contribution in [0.1, 0.15) is 64.7 Å². The van der Waals surface area contributed by atoms with Crippen LogP contribution in [0, 0.1) is 0 Å². The van der Waals surface area contributed by atoms with Gasteiger partial charge >= 0.3 is 100 Å². The summed E-state index contributed by atoms with van der Waals surface area (Å²) >= 11 is -3.57. The van der Waals surface area contributed by atoms with Crippen molar-refractivity contribution >= 4 is 20.6 Å². The third-order valence-corrected chi connectivity index (χ3v) is 3.45. The van der Waals surface area contributed by atoms with Crippen LogP contribution in [0.25, 0.3) is 0 Å². The van der Waals surface area contributed by atoms with E-state index in [0.717, 1.165) is 12.8 Å². The predicted molar refractivity (Wildman–Crippen MR) is 66.1 cm³/mol. The number of unbranched alkanes of at least 4 members (excludes halogenated alkanes) is 8. The zero-order chi connectivity index (χ0) is 12.1. The molecule has 0 radical (unpaired) electrons. The molecule has 1 N–H and O–H groups in total. The summed E-state index contributed by atoms with van der Waals surface area (Å²) in [5, 5.41) is 0. The molecule has 0 saturated carbocycles. The van der Waals surface area contributed by atoms with Crippen molar-refractivity contribution in [2.45, 2.75) is 64.7 Å². The maximum absolute atomic E-state index is 10.3. The summed E-state index contributed by atoms with van der Waals surface area (Å²) in [5.74, 6) is 0. The average molecular weight is 335 g/mol. The van der Waals surface area contributed by atoms with E-state index in [1.165, 1.54) is 51.2 Å². The van der Waals surface area contributed by atoms with Crippen LogP contribution in [0.2, 0.25) is 0 Å². The molecule has 0 spiro atoms. The fraction of sp³-hybridized carbons (Fsp3) is 0.833. The Bertz CT molecular complexity index is 193. The summed E-state index contributed by atoms with van der Waals surface area (Å²) in [5.41, 5.74) is 0. The molecule has 3 nitrogen and oxygen atoms in total. The van der Waals surface area contributed by atoms with Gasteiger partial charge in [0.15, 0.2) is 0 Å². The molecule has 4 heteroatoms. The van der Waals surface area contributed by atoms with E-state index in [-0.39, 0.29) is 0 Å². The summed E-state index contributed by atoms with van der Waals surface area (Å²) in [6.07, 6.45) is 14.6. The first-order valence-corrected chi connectivity index (χ1v) is 9.92. The second-order valence-corrected chi connectivity index (χ2v) is 6.21. The summed E-state index contributed by atoms with van der Waals surface area (Å²) < 4.78 is 23.3. The third kappa shape index (κ3) is 14.1. The van der Waals surface area contributed by atoms with Gasteiger partial charge < -0.3 is 0 Å². The van der Waals surface area contributed by atoms with Crippen LogP contribution in [0.3, 0.4) is 0 Å². The molecule has 0 fully saturated rings. The van der Waals surface area contributed by atoms with Gasteiger partial charge in [-0.25, -0.2) is 0 Å². The Balaban J connectivity index is 3.03. The third-order valence-electron chi connectivity index (χ3n) is 2.49. The van der Waals surface area contributed by atoms with Crippen molar-refractivity contribution in [1.29, 1.82) is 0 Å². The summed E-state index contributed by atoms with van der Waals surface area (Å²) in [6, 6.07) is 0. The van der Waals surface area contributed by atoms with E-state index in [4.69, 9.17) is 3.44 Å². The van der Waals surface area contributed by atoms with Crippen LogP contribution < -0.4 is 0 Å². The predicted octanol–water partition coefficient (Wildman–Crippen LogP) is 3.46. The summed E-state index contributed by atoms with van der Waals surface area (Å²) in [7, 11) is 0. The van der Waals surface area contributed by atoms with Crippen molar-refractivity contribution in [3.8, 4) is 0 Å². The molecule has 0 aromatic carbocycles. The normalized spacial score (nSPS) is 10.9. The van der Waals surface area contributed by atoms with Gasteiger partial charge in [-0.05, 0) is 0 Å². The fourth-order valence-electron chi connectivity index (χ4n) is 1.57. The first kappa shape index (κ1) is 16.1. The minimum atomic E-state index is -3.57. The maximum atomic E-state index is 10.3. The zero-order valence-electron chi connectivity index (χ0n) is 10.3. The molecule has 0 saturated heterocycles. The van der Waals surface area contributed by atoms with E-state index in [9.17, 15) is 3.08 Å². The second-order valence-electron chi connectivity index (χ2n) is 4.02. The Morgan fingerprint density at radius 2 is 1.62 bits per heavy atom. The van der Waals surface area contributed by atoms with Crippen LogP contribution in [-0.2, 0) is 6.15 Å². The first-order chi connectivity index (χ1) is 7.77.